The molecule has 0 aliphatic carbocycles. The number of hydrogen-bond donors (Lipinski definition) is 0. The van der Waals surface area contributed by atoms with Crippen molar-refractivity contribution >= 4 is 21.7 Å². The number of carbonyl (C=O) groups is 1. The van der Waals surface area contributed by atoms with E-state index in [-0.39, 0.29) is 30.6 Å². The quantitative estimate of drug-likeness (QED) is 0.385. The molecule has 156 valence electrons. The summed E-state index contributed by atoms with van der Waals surface area (Å²) in [6.07, 6.45) is 1.13. The van der Waals surface area contributed by atoms with Gasteiger partial charge in [-0.15, -0.1) is 10.2 Å². The van der Waals surface area contributed by atoms with E-state index in [4.69, 9.17) is 9.15 Å². The Morgan fingerprint density at radius 3 is 2.45 bits per heavy atom. The lowest BCUT2D eigenvalue weighted by atomic mass is 9.98. The standard InChI is InChI=1S/C17H20N4O7S/c1-11(27-17(22)13-7-9-20(10-8-13)29(2,25)26)15-18-19-16(28-15)12-3-5-14(6-4-12)21(23)24/h3-6,11,13H,7-10H2,1-2H3. The van der Waals surface area contributed by atoms with Crippen LogP contribution in [0.5, 0.6) is 0 Å². The van der Waals surface area contributed by atoms with Crippen LogP contribution in [0.15, 0.2) is 28.7 Å². The number of aromatic nitrogens is 2. The third kappa shape index (κ3) is 4.95. The fourth-order valence-corrected chi connectivity index (χ4v) is 3.86. The van der Waals surface area contributed by atoms with E-state index in [9.17, 15) is 23.3 Å². The number of carbonyl (C=O) groups excluding carboxylic acids is 1. The molecule has 1 aliphatic rings. The summed E-state index contributed by atoms with van der Waals surface area (Å²) < 4.78 is 35.4. The van der Waals surface area contributed by atoms with Crippen molar-refractivity contribution in [1.82, 2.24) is 14.5 Å². The molecule has 1 saturated heterocycles. The molecule has 12 heteroatoms. The molecule has 29 heavy (non-hydrogen) atoms. The van der Waals surface area contributed by atoms with Gasteiger partial charge in [-0.1, -0.05) is 0 Å². The van der Waals surface area contributed by atoms with Gasteiger partial charge in [0, 0.05) is 30.8 Å². The number of non-ortho nitro benzene ring substituents is 1. The van der Waals surface area contributed by atoms with Gasteiger partial charge in [0.15, 0.2) is 6.10 Å². The average molecular weight is 424 g/mol. The van der Waals surface area contributed by atoms with Gasteiger partial charge in [-0.2, -0.15) is 0 Å². The van der Waals surface area contributed by atoms with E-state index in [1.807, 2.05) is 0 Å². The summed E-state index contributed by atoms with van der Waals surface area (Å²) in [5.74, 6) is -0.590. The van der Waals surface area contributed by atoms with Crippen LogP contribution in [0.25, 0.3) is 11.5 Å². The Hall–Kier alpha value is -2.86. The zero-order valence-electron chi connectivity index (χ0n) is 15.8. The Morgan fingerprint density at radius 1 is 1.28 bits per heavy atom. The van der Waals surface area contributed by atoms with Crippen molar-refractivity contribution < 1.29 is 27.3 Å². The summed E-state index contributed by atoms with van der Waals surface area (Å²) in [6, 6.07) is 5.63. The van der Waals surface area contributed by atoms with E-state index in [0.717, 1.165) is 6.26 Å². The maximum atomic E-state index is 12.4. The lowest BCUT2D eigenvalue weighted by molar-refractivity contribution is -0.384. The second-order valence-corrected chi connectivity index (χ2v) is 8.75. The van der Waals surface area contributed by atoms with Gasteiger partial charge < -0.3 is 9.15 Å². The Morgan fingerprint density at radius 2 is 1.90 bits per heavy atom. The number of nitrogens with zero attached hydrogens (tertiary/aromatic N) is 4. The fourth-order valence-electron chi connectivity index (χ4n) is 2.99. The Kier molecular flexibility index (Phi) is 5.94. The van der Waals surface area contributed by atoms with Gasteiger partial charge in [0.05, 0.1) is 17.1 Å². The van der Waals surface area contributed by atoms with Crippen LogP contribution in [-0.4, -0.2) is 53.2 Å². The predicted molar refractivity (Wildman–Crippen MR) is 100 cm³/mol. The molecule has 1 aromatic heterocycles. The Labute approximate surface area is 166 Å². The zero-order valence-corrected chi connectivity index (χ0v) is 16.7. The molecule has 1 atom stereocenters. The molecule has 1 fully saturated rings. The van der Waals surface area contributed by atoms with Crippen molar-refractivity contribution in [2.24, 2.45) is 5.92 Å². The maximum Gasteiger partial charge on any atom is 0.309 e. The molecule has 0 spiro atoms. The number of nitro benzene ring substituents is 1. The lowest BCUT2D eigenvalue weighted by Gasteiger charge is -2.29. The summed E-state index contributed by atoms with van der Waals surface area (Å²) in [6.45, 7) is 2.15. The number of piperidine rings is 1. The number of hydrogen-bond acceptors (Lipinski definition) is 9. The van der Waals surface area contributed by atoms with E-state index < -0.39 is 32.9 Å². The third-order valence-corrected chi connectivity index (χ3v) is 5.97. The zero-order chi connectivity index (χ0) is 21.2. The van der Waals surface area contributed by atoms with Gasteiger partial charge in [0.2, 0.25) is 15.9 Å². The molecule has 0 amide bonds. The molecule has 1 aliphatic heterocycles. The molecule has 1 aromatic carbocycles. The van der Waals surface area contributed by atoms with Crippen molar-refractivity contribution in [3.05, 3.63) is 40.3 Å². The van der Waals surface area contributed by atoms with Crippen LogP contribution < -0.4 is 0 Å². The van der Waals surface area contributed by atoms with Gasteiger partial charge in [0.25, 0.3) is 11.6 Å². The lowest BCUT2D eigenvalue weighted by Crippen LogP contribution is -2.40. The Balaban J connectivity index is 1.59. The molecular formula is C17H20N4O7S. The molecule has 11 nitrogen and oxygen atoms in total. The van der Waals surface area contributed by atoms with Crippen molar-refractivity contribution in [2.45, 2.75) is 25.9 Å². The van der Waals surface area contributed by atoms with E-state index in [2.05, 4.69) is 10.2 Å². The van der Waals surface area contributed by atoms with Crippen molar-refractivity contribution in [2.75, 3.05) is 19.3 Å². The number of rotatable bonds is 6. The highest BCUT2D eigenvalue weighted by molar-refractivity contribution is 7.88. The molecule has 0 N–H and O–H groups in total. The maximum absolute atomic E-state index is 12.4. The molecule has 0 bridgehead atoms. The van der Waals surface area contributed by atoms with Crippen molar-refractivity contribution in [3.8, 4) is 11.5 Å². The second-order valence-electron chi connectivity index (χ2n) is 6.76. The molecule has 1 unspecified atom stereocenters. The van der Waals surface area contributed by atoms with Gasteiger partial charge in [-0.3, -0.25) is 14.9 Å². The normalized spacial score (nSPS) is 17.0. The van der Waals surface area contributed by atoms with E-state index in [1.165, 1.54) is 28.6 Å². The predicted octanol–water partition coefficient (Wildman–Crippen LogP) is 1.92. The molecule has 3 rings (SSSR count). The van der Waals surface area contributed by atoms with Gasteiger partial charge in [-0.05, 0) is 31.9 Å². The van der Waals surface area contributed by atoms with Gasteiger partial charge in [0.1, 0.15) is 0 Å². The summed E-state index contributed by atoms with van der Waals surface area (Å²) in [5, 5.41) is 18.5. The van der Waals surface area contributed by atoms with Crippen LogP contribution in [0.3, 0.4) is 0 Å². The number of esters is 1. The van der Waals surface area contributed by atoms with Crippen molar-refractivity contribution in [1.29, 1.82) is 0 Å². The molecule has 2 aromatic rings. The molecule has 0 saturated carbocycles. The summed E-state index contributed by atoms with van der Waals surface area (Å²) in [5.41, 5.74) is 0.443. The summed E-state index contributed by atoms with van der Waals surface area (Å²) in [7, 11) is -3.26. The molecule has 2 heterocycles. The summed E-state index contributed by atoms with van der Waals surface area (Å²) in [4.78, 5) is 22.6. The highest BCUT2D eigenvalue weighted by Gasteiger charge is 2.31. The first kappa shape index (κ1) is 20.9. The topological polar surface area (TPSA) is 146 Å². The van der Waals surface area contributed by atoms with Crippen LogP contribution in [0.2, 0.25) is 0 Å². The minimum Gasteiger partial charge on any atom is -0.452 e. The monoisotopic (exact) mass is 424 g/mol. The number of ether oxygens (including phenoxy) is 1. The molecule has 0 radical (unpaired) electrons. The van der Waals surface area contributed by atoms with E-state index >= 15 is 0 Å². The number of nitro groups is 1. The second kappa shape index (κ2) is 8.25. The van der Waals surface area contributed by atoms with Crippen LogP contribution in [0.1, 0.15) is 31.8 Å². The Bertz CT molecular complexity index is 995. The number of benzene rings is 1. The van der Waals surface area contributed by atoms with Crippen LogP contribution in [0, 0.1) is 16.0 Å². The smallest absolute Gasteiger partial charge is 0.309 e. The van der Waals surface area contributed by atoms with E-state index in [0.29, 0.717) is 18.4 Å². The number of sulfonamides is 1. The minimum atomic E-state index is -3.26. The van der Waals surface area contributed by atoms with Crippen molar-refractivity contribution in [3.63, 3.8) is 0 Å². The fraction of sp³-hybridized carbons (Fsp3) is 0.471. The van der Waals surface area contributed by atoms with Gasteiger partial charge in [-0.25, -0.2) is 12.7 Å². The van der Waals surface area contributed by atoms with E-state index in [1.54, 1.807) is 6.92 Å². The largest absolute Gasteiger partial charge is 0.452 e. The first-order chi connectivity index (χ1) is 13.6. The minimum absolute atomic E-state index is 0.0577. The SMILES string of the molecule is CC(OC(=O)C1CCN(S(C)(=O)=O)CC1)c1nnc(-c2ccc([N+](=O)[O-])cc2)o1. The van der Waals surface area contributed by atoms with Crippen LogP contribution in [0.4, 0.5) is 5.69 Å². The highest BCUT2D eigenvalue weighted by Crippen LogP contribution is 2.26. The van der Waals surface area contributed by atoms with Crippen LogP contribution >= 0.6 is 0 Å². The average Bonchev–Trinajstić information content (AvgIpc) is 3.18. The first-order valence-corrected chi connectivity index (χ1v) is 10.7. The first-order valence-electron chi connectivity index (χ1n) is 8.89. The van der Waals surface area contributed by atoms with Crippen LogP contribution in [-0.2, 0) is 19.6 Å². The highest BCUT2D eigenvalue weighted by atomic mass is 32.2. The van der Waals surface area contributed by atoms with Gasteiger partial charge >= 0.3 is 5.97 Å². The summed E-state index contributed by atoms with van der Waals surface area (Å²) >= 11 is 0. The third-order valence-electron chi connectivity index (χ3n) is 4.66. The molecular weight excluding hydrogens is 404 g/mol.